The van der Waals surface area contributed by atoms with Crippen molar-refractivity contribution in [2.24, 2.45) is 0 Å². The normalized spacial score (nSPS) is 11.6. The van der Waals surface area contributed by atoms with E-state index in [1.807, 2.05) is 20.8 Å². The van der Waals surface area contributed by atoms with Gasteiger partial charge in [-0.3, -0.25) is 0 Å². The first kappa shape index (κ1) is 19.2. The molecule has 0 N–H and O–H groups in total. The van der Waals surface area contributed by atoms with E-state index < -0.39 is 11.7 Å². The lowest BCUT2D eigenvalue weighted by Crippen LogP contribution is -2.36. The minimum atomic E-state index is -0.522. The van der Waals surface area contributed by atoms with Gasteiger partial charge in [-0.1, -0.05) is 0 Å². The molecule has 0 saturated heterocycles. The van der Waals surface area contributed by atoms with Crippen molar-refractivity contribution in [3.05, 3.63) is 16.1 Å². The molecule has 1 heterocycles. The third-order valence-electron chi connectivity index (χ3n) is 2.59. The number of aromatic nitrogens is 2. The Hall–Kier alpha value is -0.800. The molecule has 6 nitrogen and oxygen atoms in total. The zero-order valence-electron chi connectivity index (χ0n) is 13.4. The van der Waals surface area contributed by atoms with Crippen LogP contribution in [0.25, 0.3) is 0 Å². The van der Waals surface area contributed by atoms with Gasteiger partial charge in [0.15, 0.2) is 12.3 Å². The average molecular weight is 398 g/mol. The van der Waals surface area contributed by atoms with Gasteiger partial charge < -0.3 is 14.4 Å². The Bertz CT molecular complexity index is 519. The minimum Gasteiger partial charge on any atom is -0.444 e. The SMILES string of the molecule is Cc1nc(COCCN(C)C(=O)OC(C)(C)C)c(Br)n1SF. The number of imidazole rings is 1. The Balaban J connectivity index is 2.38. The fraction of sp³-hybridized carbons (Fsp3) is 0.692. The number of carbonyl (C=O) groups is 1. The molecule has 0 aliphatic heterocycles. The first-order valence-electron chi connectivity index (χ1n) is 6.70. The quantitative estimate of drug-likeness (QED) is 0.684. The third-order valence-corrected chi connectivity index (χ3v) is 4.22. The van der Waals surface area contributed by atoms with Crippen LogP contribution in [-0.4, -0.2) is 45.7 Å². The number of amides is 1. The second-order valence-electron chi connectivity index (χ2n) is 5.71. The number of aryl methyl sites for hydroxylation is 1. The highest BCUT2D eigenvalue weighted by atomic mass is 79.9. The maximum absolute atomic E-state index is 12.7. The van der Waals surface area contributed by atoms with Crippen LogP contribution in [0.1, 0.15) is 32.3 Å². The molecule has 0 aliphatic carbocycles. The number of halogens is 2. The summed E-state index contributed by atoms with van der Waals surface area (Å²) < 4.78 is 25.3. The van der Waals surface area contributed by atoms with Crippen molar-refractivity contribution in [1.82, 2.24) is 13.9 Å². The number of hydrogen-bond acceptors (Lipinski definition) is 5. The summed E-state index contributed by atoms with van der Waals surface area (Å²) in [6, 6.07) is 0. The highest BCUT2D eigenvalue weighted by Crippen LogP contribution is 2.25. The molecule has 0 aromatic carbocycles. The van der Waals surface area contributed by atoms with Gasteiger partial charge in [-0.15, -0.1) is 3.89 Å². The first-order valence-corrected chi connectivity index (χ1v) is 8.17. The molecule has 1 amide bonds. The number of ether oxygens (including phenoxy) is 2. The van der Waals surface area contributed by atoms with Gasteiger partial charge in [0.2, 0.25) is 0 Å². The molecule has 0 spiro atoms. The number of rotatable bonds is 6. The van der Waals surface area contributed by atoms with Crippen LogP contribution in [0.3, 0.4) is 0 Å². The van der Waals surface area contributed by atoms with Gasteiger partial charge in [0, 0.05) is 13.6 Å². The standard InChI is InChI=1S/C13H21BrFN3O3S/c1-9-16-10(11(14)18(9)22-15)8-20-7-6-17(5)12(19)21-13(2,3)4/h6-8H2,1-5H3. The number of carbonyl (C=O) groups excluding carboxylic acids is 1. The molecule has 9 heteroatoms. The van der Waals surface area contributed by atoms with E-state index in [9.17, 15) is 8.68 Å². The van der Waals surface area contributed by atoms with E-state index in [0.29, 0.717) is 29.3 Å². The maximum atomic E-state index is 12.7. The Morgan fingerprint density at radius 2 is 2.14 bits per heavy atom. The van der Waals surface area contributed by atoms with Crippen LogP contribution in [0.4, 0.5) is 8.68 Å². The summed E-state index contributed by atoms with van der Waals surface area (Å²) in [5.74, 6) is 0.545. The molecule has 0 atom stereocenters. The van der Waals surface area contributed by atoms with Crippen LogP contribution < -0.4 is 0 Å². The van der Waals surface area contributed by atoms with E-state index >= 15 is 0 Å². The fourth-order valence-corrected chi connectivity index (χ4v) is 2.45. The van der Waals surface area contributed by atoms with Gasteiger partial charge in [-0.25, -0.2) is 13.8 Å². The molecule has 0 aliphatic rings. The third kappa shape index (κ3) is 5.77. The molecule has 0 radical (unpaired) electrons. The van der Waals surface area contributed by atoms with Crippen LogP contribution >= 0.6 is 28.3 Å². The van der Waals surface area contributed by atoms with E-state index in [-0.39, 0.29) is 18.9 Å². The van der Waals surface area contributed by atoms with Crippen molar-refractivity contribution >= 4 is 34.4 Å². The molecule has 0 fully saturated rings. The van der Waals surface area contributed by atoms with E-state index in [0.717, 1.165) is 0 Å². The first-order chi connectivity index (χ1) is 10.2. The molecular weight excluding hydrogens is 377 g/mol. The summed E-state index contributed by atoms with van der Waals surface area (Å²) in [5, 5.41) is 0. The largest absolute Gasteiger partial charge is 0.444 e. The van der Waals surface area contributed by atoms with Crippen LogP contribution in [0.2, 0.25) is 0 Å². The summed E-state index contributed by atoms with van der Waals surface area (Å²) in [5.41, 5.74) is 0.0911. The number of hydrogen-bond donors (Lipinski definition) is 0. The number of likely N-dealkylation sites (N-methyl/N-ethyl adjacent to an activating group) is 1. The Morgan fingerprint density at radius 1 is 1.50 bits per heavy atom. The maximum Gasteiger partial charge on any atom is 0.410 e. The van der Waals surface area contributed by atoms with Crippen molar-refractivity contribution in [3.63, 3.8) is 0 Å². The Kier molecular flexibility index (Phi) is 7.14. The number of nitrogens with zero attached hydrogens (tertiary/aromatic N) is 3. The van der Waals surface area contributed by atoms with Gasteiger partial charge >= 0.3 is 6.09 Å². The molecule has 126 valence electrons. The lowest BCUT2D eigenvalue weighted by atomic mass is 10.2. The molecule has 22 heavy (non-hydrogen) atoms. The monoisotopic (exact) mass is 397 g/mol. The van der Waals surface area contributed by atoms with Gasteiger partial charge in [0.1, 0.15) is 21.7 Å². The zero-order chi connectivity index (χ0) is 16.9. The van der Waals surface area contributed by atoms with Crippen molar-refractivity contribution in [2.45, 2.75) is 39.9 Å². The summed E-state index contributed by atoms with van der Waals surface area (Å²) in [6.07, 6.45) is -0.397. The molecule has 0 unspecified atom stereocenters. The molecule has 0 bridgehead atoms. The molecular formula is C13H21BrFN3O3S. The highest BCUT2D eigenvalue weighted by molar-refractivity contribution is 9.10. The smallest absolute Gasteiger partial charge is 0.410 e. The lowest BCUT2D eigenvalue weighted by Gasteiger charge is -2.24. The second kappa shape index (κ2) is 8.16. The van der Waals surface area contributed by atoms with E-state index in [2.05, 4.69) is 20.9 Å². The van der Waals surface area contributed by atoms with E-state index in [1.54, 1.807) is 14.0 Å². The summed E-state index contributed by atoms with van der Waals surface area (Å²) in [4.78, 5) is 17.4. The van der Waals surface area contributed by atoms with Crippen LogP contribution in [0.15, 0.2) is 4.60 Å². The van der Waals surface area contributed by atoms with E-state index in [4.69, 9.17) is 9.47 Å². The average Bonchev–Trinajstić information content (AvgIpc) is 2.66. The molecule has 0 saturated carbocycles. The molecule has 1 rings (SSSR count). The van der Waals surface area contributed by atoms with Crippen molar-refractivity contribution < 1.29 is 18.2 Å². The van der Waals surface area contributed by atoms with Crippen LogP contribution in [0.5, 0.6) is 0 Å². The van der Waals surface area contributed by atoms with Crippen LogP contribution in [0, 0.1) is 6.92 Å². The Morgan fingerprint density at radius 3 is 2.64 bits per heavy atom. The highest BCUT2D eigenvalue weighted by Gasteiger charge is 2.19. The fourth-order valence-electron chi connectivity index (χ4n) is 1.52. The van der Waals surface area contributed by atoms with Gasteiger partial charge in [-0.05, 0) is 43.6 Å². The van der Waals surface area contributed by atoms with Crippen molar-refractivity contribution in [2.75, 3.05) is 20.2 Å². The predicted molar refractivity (Wildman–Crippen MR) is 87.3 cm³/mol. The molecule has 1 aromatic heterocycles. The van der Waals surface area contributed by atoms with Gasteiger partial charge in [0.05, 0.1) is 13.2 Å². The van der Waals surface area contributed by atoms with Crippen molar-refractivity contribution in [1.29, 1.82) is 0 Å². The second-order valence-corrected chi connectivity index (χ2v) is 6.97. The lowest BCUT2D eigenvalue weighted by molar-refractivity contribution is 0.0219. The summed E-state index contributed by atoms with van der Waals surface area (Å²) in [6.45, 7) is 8.10. The summed E-state index contributed by atoms with van der Waals surface area (Å²) >= 11 is 3.35. The van der Waals surface area contributed by atoms with Crippen LogP contribution in [-0.2, 0) is 16.1 Å². The van der Waals surface area contributed by atoms with Gasteiger partial charge in [-0.2, -0.15) is 0 Å². The van der Waals surface area contributed by atoms with E-state index in [1.165, 1.54) is 8.87 Å². The zero-order valence-corrected chi connectivity index (χ0v) is 15.8. The molecule has 1 aromatic rings. The topological polar surface area (TPSA) is 56.6 Å². The van der Waals surface area contributed by atoms with Crippen molar-refractivity contribution in [3.8, 4) is 0 Å². The summed E-state index contributed by atoms with van der Waals surface area (Å²) in [7, 11) is 1.64. The van der Waals surface area contributed by atoms with Gasteiger partial charge in [0.25, 0.3) is 0 Å². The minimum absolute atomic E-state index is 0.0784. The Labute approximate surface area is 142 Å². The predicted octanol–water partition coefficient (Wildman–Crippen LogP) is 3.72.